The molecule has 16 bridgehead atoms. The highest BCUT2D eigenvalue weighted by molar-refractivity contribution is 6.03. The molecular formula is C96H66N8O8. The minimum absolute atomic E-state index is 0.145. The van der Waals surface area contributed by atoms with E-state index < -0.39 is 0 Å². The summed E-state index contributed by atoms with van der Waals surface area (Å²) in [7, 11) is 0. The van der Waals surface area contributed by atoms with Crippen LogP contribution in [0.25, 0.3) is 182 Å². The van der Waals surface area contributed by atoms with Gasteiger partial charge in [0.15, 0.2) is 0 Å². The van der Waals surface area contributed by atoms with Gasteiger partial charge in [0, 0.05) is 88.6 Å². The van der Waals surface area contributed by atoms with Gasteiger partial charge < -0.3 is 60.0 Å². The van der Waals surface area contributed by atoms with Crippen molar-refractivity contribution in [3.8, 4) is 135 Å². The largest absolute Gasteiger partial charge is 0.508 e. The SMILES string of the molecule is Oc1ccc(-c2c3nc(c(-c4ccc(O)cc4)c4ccc([nH]4)c(-c4ccc(OCc5ccc(COc6ccc(-c7c8nc(c(-c9ccc(O)cc9)c9ccc([nH]9)c(-c9ccc(O)cc9)c9nc(c(-c%10ccc(O)cc%10)c%10ccc7[nH]%10)C=C9)C=C8)cc6)cc5)cc4)c4nc(c(-c5ccc(O)cc5)c5ccc2[nH]5)C=C4)C=C3)cc1. The average molecular weight is 1460 g/mol. The Labute approximate surface area is 640 Å². The first-order valence-electron chi connectivity index (χ1n) is 36.5. The molecule has 19 rings (SSSR count). The summed E-state index contributed by atoms with van der Waals surface area (Å²) < 4.78 is 13.0. The summed E-state index contributed by atoms with van der Waals surface area (Å²) in [6.45, 7) is 0.633. The minimum Gasteiger partial charge on any atom is -0.508 e. The first-order valence-corrected chi connectivity index (χ1v) is 36.5. The van der Waals surface area contributed by atoms with E-state index in [1.54, 1.807) is 72.8 Å². The fourth-order valence-corrected chi connectivity index (χ4v) is 15.1. The van der Waals surface area contributed by atoms with Gasteiger partial charge in [0.05, 0.1) is 45.6 Å². The number of nitrogens with one attached hydrogen (secondary N) is 4. The highest BCUT2D eigenvalue weighted by Gasteiger charge is 2.24. The summed E-state index contributed by atoms with van der Waals surface area (Å²) in [5, 5.41) is 62.8. The van der Waals surface area contributed by atoms with Crippen LogP contribution in [0, 0.1) is 0 Å². The molecule has 16 heteroatoms. The van der Waals surface area contributed by atoms with E-state index in [9.17, 15) is 30.6 Å². The lowest BCUT2D eigenvalue weighted by molar-refractivity contribution is 0.302. The van der Waals surface area contributed by atoms with Crippen LogP contribution in [0.2, 0.25) is 0 Å². The maximum Gasteiger partial charge on any atom is 0.119 e. The number of phenols is 6. The van der Waals surface area contributed by atoms with Crippen molar-refractivity contribution in [2.45, 2.75) is 13.2 Å². The summed E-state index contributed by atoms with van der Waals surface area (Å²) >= 11 is 0. The maximum absolute atomic E-state index is 10.5. The predicted octanol–water partition coefficient (Wildman–Crippen LogP) is 22.4. The smallest absolute Gasteiger partial charge is 0.119 e. The summed E-state index contributed by atoms with van der Waals surface area (Å²) in [6.07, 6.45) is 16.1. The molecule has 0 amide bonds. The zero-order chi connectivity index (χ0) is 75.5. The number of phenolic OH excluding ortho intramolecular Hbond substituents is 6. The molecule has 0 atom stereocenters. The number of hydrogen-bond donors (Lipinski definition) is 10. The number of rotatable bonds is 14. The molecule has 16 nitrogen and oxygen atoms in total. The third-order valence-corrected chi connectivity index (χ3v) is 20.6. The molecule has 112 heavy (non-hydrogen) atoms. The molecule has 0 aliphatic carbocycles. The van der Waals surface area contributed by atoms with E-state index in [-0.39, 0.29) is 34.5 Å². The van der Waals surface area contributed by atoms with E-state index in [0.717, 1.165) is 144 Å². The summed E-state index contributed by atoms with van der Waals surface area (Å²) in [6, 6.07) is 83.3. The van der Waals surface area contributed by atoms with Crippen LogP contribution in [0.4, 0.5) is 0 Å². The highest BCUT2D eigenvalue weighted by atomic mass is 16.5. The molecule has 0 unspecified atom stereocenters. The fraction of sp³-hybridized carbons (Fsp3) is 0.0208. The van der Waals surface area contributed by atoms with Crippen molar-refractivity contribution in [1.29, 1.82) is 0 Å². The number of H-pyrrole nitrogens is 4. The van der Waals surface area contributed by atoms with Crippen molar-refractivity contribution in [2.75, 3.05) is 0 Å². The molecule has 0 spiro atoms. The van der Waals surface area contributed by atoms with Gasteiger partial charge in [0.1, 0.15) is 59.2 Å². The van der Waals surface area contributed by atoms with Crippen molar-refractivity contribution in [1.82, 2.24) is 39.9 Å². The topological polar surface area (TPSA) is 255 Å². The van der Waals surface area contributed by atoms with Crippen molar-refractivity contribution in [3.63, 3.8) is 0 Å². The first-order chi connectivity index (χ1) is 54.9. The lowest BCUT2D eigenvalue weighted by Gasteiger charge is -2.11. The Hall–Kier alpha value is -15.4. The van der Waals surface area contributed by atoms with E-state index in [1.807, 2.05) is 206 Å². The average Bonchev–Trinajstić information content (AvgIpc) is 1.65. The van der Waals surface area contributed by atoms with Crippen molar-refractivity contribution < 1.29 is 40.1 Å². The number of aromatic nitrogens is 8. The Kier molecular flexibility index (Phi) is 16.8. The number of aromatic amines is 4. The second-order valence-electron chi connectivity index (χ2n) is 27.7. The molecule has 6 aromatic heterocycles. The number of nitrogens with zero attached hydrogens (tertiary/aromatic N) is 4. The van der Waals surface area contributed by atoms with Gasteiger partial charge in [-0.15, -0.1) is 0 Å². The Balaban J connectivity index is 0.624. The van der Waals surface area contributed by atoms with Gasteiger partial charge in [0.2, 0.25) is 0 Å². The van der Waals surface area contributed by atoms with Crippen LogP contribution in [0.3, 0.4) is 0 Å². The van der Waals surface area contributed by atoms with Gasteiger partial charge in [-0.2, -0.15) is 0 Å². The van der Waals surface area contributed by atoms with Gasteiger partial charge in [-0.3, -0.25) is 0 Å². The third-order valence-electron chi connectivity index (χ3n) is 20.6. The van der Waals surface area contributed by atoms with Gasteiger partial charge in [0.25, 0.3) is 0 Å². The molecule has 4 aliphatic heterocycles. The van der Waals surface area contributed by atoms with E-state index >= 15 is 0 Å². The Morgan fingerprint density at radius 2 is 0.339 bits per heavy atom. The molecule has 0 fully saturated rings. The molecule has 538 valence electrons. The molecule has 10 N–H and O–H groups in total. The van der Waals surface area contributed by atoms with Crippen LogP contribution in [0.1, 0.15) is 56.7 Å². The second kappa shape index (κ2) is 28.1. The summed E-state index contributed by atoms with van der Waals surface area (Å²) in [4.78, 5) is 36.6. The van der Waals surface area contributed by atoms with Crippen LogP contribution in [-0.4, -0.2) is 70.5 Å². The fourth-order valence-electron chi connectivity index (χ4n) is 15.1. The monoisotopic (exact) mass is 1460 g/mol. The van der Waals surface area contributed by atoms with Crippen LogP contribution < -0.4 is 9.47 Å². The van der Waals surface area contributed by atoms with Crippen LogP contribution in [-0.2, 0) is 13.2 Å². The van der Waals surface area contributed by atoms with Crippen molar-refractivity contribution >= 4 is 92.7 Å². The van der Waals surface area contributed by atoms with Gasteiger partial charge in [-0.25, -0.2) is 19.9 Å². The second-order valence-corrected chi connectivity index (χ2v) is 27.7. The zero-order valence-electron chi connectivity index (χ0n) is 59.7. The molecule has 15 aromatic rings. The summed E-state index contributed by atoms with van der Waals surface area (Å²) in [5.41, 5.74) is 27.4. The van der Waals surface area contributed by atoms with Gasteiger partial charge in [-0.1, -0.05) is 121 Å². The molecule has 10 heterocycles. The van der Waals surface area contributed by atoms with Gasteiger partial charge in [-0.05, 0) is 250 Å². The zero-order valence-corrected chi connectivity index (χ0v) is 59.7. The lowest BCUT2D eigenvalue weighted by Crippen LogP contribution is -1.98. The Morgan fingerprint density at radius 1 is 0.188 bits per heavy atom. The molecule has 0 saturated heterocycles. The Morgan fingerprint density at radius 3 is 0.500 bits per heavy atom. The van der Waals surface area contributed by atoms with Crippen LogP contribution in [0.5, 0.6) is 46.0 Å². The first kappa shape index (κ1) is 67.2. The molecular weight excluding hydrogens is 1390 g/mol. The van der Waals surface area contributed by atoms with Crippen LogP contribution >= 0.6 is 0 Å². The molecule has 4 aliphatic rings. The molecule has 0 saturated carbocycles. The van der Waals surface area contributed by atoms with Crippen molar-refractivity contribution in [2.24, 2.45) is 0 Å². The number of benzene rings is 9. The van der Waals surface area contributed by atoms with E-state index in [1.165, 1.54) is 0 Å². The number of ether oxygens (including phenoxy) is 2. The number of fused-ring (bicyclic) bond motifs is 16. The predicted molar refractivity (Wildman–Crippen MR) is 446 cm³/mol. The van der Waals surface area contributed by atoms with Crippen LogP contribution in [0.15, 0.2) is 267 Å². The van der Waals surface area contributed by atoms with E-state index in [4.69, 9.17) is 29.4 Å². The van der Waals surface area contributed by atoms with E-state index in [2.05, 4.69) is 56.3 Å². The quantitative estimate of drug-likeness (QED) is 0.0488. The van der Waals surface area contributed by atoms with E-state index in [0.29, 0.717) is 70.3 Å². The molecule has 9 aromatic carbocycles. The van der Waals surface area contributed by atoms with Gasteiger partial charge >= 0.3 is 0 Å². The summed E-state index contributed by atoms with van der Waals surface area (Å²) in [5.74, 6) is 2.23. The van der Waals surface area contributed by atoms with Crippen molar-refractivity contribution in [3.05, 3.63) is 324 Å². The number of hydrogen-bond acceptors (Lipinski definition) is 12. The lowest BCUT2D eigenvalue weighted by atomic mass is 10.0. The molecule has 0 radical (unpaired) electrons. The maximum atomic E-state index is 10.5. The highest BCUT2D eigenvalue weighted by Crippen LogP contribution is 2.44. The third kappa shape index (κ3) is 13.0. The Bertz CT molecular complexity index is 6240. The normalized spacial score (nSPS) is 12.1. The minimum atomic E-state index is 0.145. The standard InChI is InChI=1S/C96H66N8O8/c105-65-21-5-57(6-22-65)89-73-37-41-77(97-73)91(59-9-25-67(107)26-10-59)81-45-49-85(101-81)95(86-50-46-82(102-86)92(78-42-38-74(89)98-78)60-11-27-68(108)28-12-60)63-17-33-71(34-18-63)111-53-55-1-2-56(4-3-55)54-112-72-35-19-64(20-36-72)96-87-51-47-83(103-87)93(61-13-29-69(109)30-14-61)79-43-39-75(99-79)90(58-7-23-66(106)24-8-58)76-40-44-80(100-76)94(84-48-52-88(96)104-84)62-15-31-70(110)32-16-62/h1-52,97,99,102,104-110H,53-54H2. The number of aromatic hydroxyl groups is 6.